The summed E-state index contributed by atoms with van der Waals surface area (Å²) < 4.78 is 5.03. The van der Waals surface area contributed by atoms with Gasteiger partial charge in [-0.3, -0.25) is 24.6 Å². The molecule has 2 amide bonds. The highest BCUT2D eigenvalue weighted by atomic mass is 35.5. The van der Waals surface area contributed by atoms with Crippen molar-refractivity contribution in [1.82, 2.24) is 4.90 Å². The summed E-state index contributed by atoms with van der Waals surface area (Å²) in [6, 6.07) is 10.4. The van der Waals surface area contributed by atoms with E-state index in [1.807, 2.05) is 0 Å². The van der Waals surface area contributed by atoms with Crippen LogP contribution in [0.2, 0.25) is 5.02 Å². The predicted octanol–water partition coefficient (Wildman–Crippen LogP) is 3.95. The van der Waals surface area contributed by atoms with Gasteiger partial charge in [0, 0.05) is 11.6 Å². The first-order chi connectivity index (χ1) is 14.3. The number of ether oxygens (including phenoxy) is 1. The van der Waals surface area contributed by atoms with E-state index in [2.05, 4.69) is 0 Å². The van der Waals surface area contributed by atoms with Crippen molar-refractivity contribution >= 4 is 52.2 Å². The van der Waals surface area contributed by atoms with Gasteiger partial charge in [0.25, 0.3) is 16.8 Å². The van der Waals surface area contributed by atoms with E-state index >= 15 is 0 Å². The molecule has 154 valence electrons. The minimum atomic E-state index is -1.15. The number of nitro groups is 1. The second-order valence-electron chi connectivity index (χ2n) is 6.03. The second-order valence-corrected chi connectivity index (χ2v) is 7.43. The largest absolute Gasteiger partial charge is 0.480 e. The average Bonchev–Trinajstić information content (AvgIpc) is 2.95. The Hall–Kier alpha value is -3.37. The van der Waals surface area contributed by atoms with E-state index in [9.17, 15) is 24.5 Å². The molecular formula is C19H13ClN2O7S. The molecule has 2 aromatic rings. The van der Waals surface area contributed by atoms with Gasteiger partial charge < -0.3 is 9.84 Å². The lowest BCUT2D eigenvalue weighted by Crippen LogP contribution is -2.27. The molecule has 0 radical (unpaired) electrons. The van der Waals surface area contributed by atoms with Crippen molar-refractivity contribution in [2.24, 2.45) is 0 Å². The Balaban J connectivity index is 1.79. The molecule has 0 aliphatic carbocycles. The van der Waals surface area contributed by atoms with Gasteiger partial charge in [-0.15, -0.1) is 0 Å². The van der Waals surface area contributed by atoms with Crippen LogP contribution in [0.25, 0.3) is 6.08 Å². The van der Waals surface area contributed by atoms with E-state index < -0.39 is 28.6 Å². The fourth-order valence-corrected chi connectivity index (χ4v) is 3.73. The minimum Gasteiger partial charge on any atom is -0.480 e. The van der Waals surface area contributed by atoms with Crippen LogP contribution in [-0.2, 0) is 16.1 Å². The molecule has 1 fully saturated rings. The van der Waals surface area contributed by atoms with Crippen LogP contribution in [0.15, 0.2) is 47.4 Å². The number of carbonyl (C=O) groups excluding carboxylic acids is 2. The number of carboxylic acids is 1. The van der Waals surface area contributed by atoms with Gasteiger partial charge in [-0.25, -0.2) is 4.79 Å². The van der Waals surface area contributed by atoms with Gasteiger partial charge in [0.05, 0.1) is 21.4 Å². The van der Waals surface area contributed by atoms with Crippen LogP contribution in [0.3, 0.4) is 0 Å². The zero-order valence-corrected chi connectivity index (χ0v) is 16.7. The van der Waals surface area contributed by atoms with Crippen LogP contribution < -0.4 is 4.74 Å². The van der Waals surface area contributed by atoms with Crippen LogP contribution in [0.5, 0.6) is 5.75 Å². The molecule has 1 aliphatic rings. The zero-order valence-electron chi connectivity index (χ0n) is 15.1. The monoisotopic (exact) mass is 448 g/mol. The SMILES string of the molecule is O=C(O)COc1ccc(/C=C2\SC(=O)N(Cc3ccccc3[N+](=O)[O-])C2=O)cc1Cl. The summed E-state index contributed by atoms with van der Waals surface area (Å²) in [6.45, 7) is -0.772. The third-order valence-corrected chi connectivity index (χ3v) is 5.20. The molecule has 1 N–H and O–H groups in total. The molecule has 0 saturated carbocycles. The first kappa shape index (κ1) is 21.3. The van der Waals surface area contributed by atoms with Crippen LogP contribution in [0, 0.1) is 10.1 Å². The first-order valence-corrected chi connectivity index (χ1v) is 9.57. The number of hydrogen-bond donors (Lipinski definition) is 1. The van der Waals surface area contributed by atoms with Crippen molar-refractivity contribution in [2.45, 2.75) is 6.54 Å². The number of amides is 2. The molecule has 30 heavy (non-hydrogen) atoms. The summed E-state index contributed by atoms with van der Waals surface area (Å²) in [5, 5.41) is 19.4. The van der Waals surface area contributed by atoms with E-state index in [-0.39, 0.29) is 33.5 Å². The fraction of sp³-hybridized carbons (Fsp3) is 0.105. The van der Waals surface area contributed by atoms with Gasteiger partial charge in [0.15, 0.2) is 6.61 Å². The number of imide groups is 1. The number of hydrogen-bond acceptors (Lipinski definition) is 7. The maximum Gasteiger partial charge on any atom is 0.341 e. The van der Waals surface area contributed by atoms with Gasteiger partial charge in [-0.05, 0) is 35.5 Å². The van der Waals surface area contributed by atoms with E-state index in [0.29, 0.717) is 17.3 Å². The molecule has 0 spiro atoms. The molecule has 2 aromatic carbocycles. The standard InChI is InChI=1S/C19H13ClN2O7S/c20-13-7-11(5-6-15(13)29-10-17(23)24)8-16-18(25)21(19(26)30-16)9-12-3-1-2-4-14(12)22(27)28/h1-8H,9-10H2,(H,23,24)/b16-8-. The van der Waals surface area contributed by atoms with Crippen molar-refractivity contribution in [2.75, 3.05) is 6.61 Å². The molecule has 3 rings (SSSR count). The number of thioether (sulfide) groups is 1. The Kier molecular flexibility index (Phi) is 6.38. The third kappa shape index (κ3) is 4.78. The Labute approximate surface area is 179 Å². The summed E-state index contributed by atoms with van der Waals surface area (Å²) in [5.41, 5.74) is 0.567. The Morgan fingerprint density at radius 3 is 2.67 bits per heavy atom. The van der Waals surface area contributed by atoms with Crippen LogP contribution in [0.4, 0.5) is 10.5 Å². The number of carbonyl (C=O) groups is 3. The van der Waals surface area contributed by atoms with Gasteiger partial charge in [-0.1, -0.05) is 35.9 Å². The molecule has 0 bridgehead atoms. The Morgan fingerprint density at radius 2 is 2.00 bits per heavy atom. The van der Waals surface area contributed by atoms with E-state index in [4.69, 9.17) is 21.4 Å². The number of aliphatic carboxylic acids is 1. The lowest BCUT2D eigenvalue weighted by Gasteiger charge is -2.12. The summed E-state index contributed by atoms with van der Waals surface area (Å²) in [4.78, 5) is 47.2. The van der Waals surface area contributed by atoms with E-state index in [1.54, 1.807) is 12.1 Å². The molecule has 0 aromatic heterocycles. The third-order valence-electron chi connectivity index (χ3n) is 4.00. The lowest BCUT2D eigenvalue weighted by atomic mass is 10.1. The summed E-state index contributed by atoms with van der Waals surface area (Å²) in [5.74, 6) is -1.56. The highest BCUT2D eigenvalue weighted by Crippen LogP contribution is 2.35. The zero-order chi connectivity index (χ0) is 21.8. The molecule has 0 atom stereocenters. The highest BCUT2D eigenvalue weighted by Gasteiger charge is 2.36. The predicted molar refractivity (Wildman–Crippen MR) is 109 cm³/mol. The second kappa shape index (κ2) is 8.97. The highest BCUT2D eigenvalue weighted by molar-refractivity contribution is 8.18. The molecule has 1 saturated heterocycles. The van der Waals surface area contributed by atoms with Crippen LogP contribution in [0.1, 0.15) is 11.1 Å². The van der Waals surface area contributed by atoms with Crippen molar-refractivity contribution in [3.63, 3.8) is 0 Å². The maximum atomic E-state index is 12.7. The maximum absolute atomic E-state index is 12.7. The van der Waals surface area contributed by atoms with Crippen LogP contribution >= 0.6 is 23.4 Å². The molecule has 0 unspecified atom stereocenters. The van der Waals surface area contributed by atoms with E-state index in [1.165, 1.54) is 36.4 Å². The normalized spacial score (nSPS) is 15.0. The lowest BCUT2D eigenvalue weighted by molar-refractivity contribution is -0.385. The van der Waals surface area contributed by atoms with Gasteiger partial charge >= 0.3 is 5.97 Å². The van der Waals surface area contributed by atoms with Gasteiger partial charge in [-0.2, -0.15) is 0 Å². The number of nitro benzene ring substituents is 1. The quantitative estimate of drug-likeness (QED) is 0.383. The topological polar surface area (TPSA) is 127 Å². The number of para-hydroxylation sites is 1. The summed E-state index contributed by atoms with van der Waals surface area (Å²) >= 11 is 6.78. The van der Waals surface area contributed by atoms with Crippen molar-refractivity contribution < 1.29 is 29.2 Å². The van der Waals surface area contributed by atoms with Gasteiger partial charge in [0.1, 0.15) is 5.75 Å². The first-order valence-electron chi connectivity index (χ1n) is 8.38. The molecule has 11 heteroatoms. The van der Waals surface area contributed by atoms with Crippen molar-refractivity contribution in [3.8, 4) is 5.75 Å². The van der Waals surface area contributed by atoms with Crippen LogP contribution in [-0.4, -0.2) is 38.7 Å². The summed E-state index contributed by atoms with van der Waals surface area (Å²) in [6.07, 6.45) is 1.46. The number of carboxylic acid groups (broad SMARTS) is 1. The van der Waals surface area contributed by atoms with Gasteiger partial charge in [0.2, 0.25) is 0 Å². The smallest absolute Gasteiger partial charge is 0.341 e. The molecular weight excluding hydrogens is 436 g/mol. The minimum absolute atomic E-state index is 0.133. The Morgan fingerprint density at radius 1 is 1.27 bits per heavy atom. The number of benzene rings is 2. The average molecular weight is 449 g/mol. The molecule has 9 nitrogen and oxygen atoms in total. The summed E-state index contributed by atoms with van der Waals surface area (Å²) in [7, 11) is 0. The van der Waals surface area contributed by atoms with E-state index in [0.717, 1.165) is 4.90 Å². The fourth-order valence-electron chi connectivity index (χ4n) is 2.64. The molecule has 1 heterocycles. The number of rotatable bonds is 7. The Bertz CT molecular complexity index is 1090. The number of halogens is 1. The van der Waals surface area contributed by atoms with Crippen molar-refractivity contribution in [1.29, 1.82) is 0 Å². The van der Waals surface area contributed by atoms with Crippen molar-refractivity contribution in [3.05, 3.63) is 73.6 Å². The number of nitrogens with zero attached hydrogens (tertiary/aromatic N) is 2. The molecule has 1 aliphatic heterocycles.